The third kappa shape index (κ3) is 3.50. The topological polar surface area (TPSA) is 78.1 Å². The zero-order valence-electron chi connectivity index (χ0n) is 16.1. The predicted molar refractivity (Wildman–Crippen MR) is 109 cm³/mol. The summed E-state index contributed by atoms with van der Waals surface area (Å²) in [7, 11) is 0. The van der Waals surface area contributed by atoms with Crippen LogP contribution in [0.4, 0.5) is 5.69 Å². The molecule has 0 aliphatic carbocycles. The average molecular weight is 376 g/mol. The molecule has 0 unspecified atom stereocenters. The van der Waals surface area contributed by atoms with Crippen LogP contribution in [0, 0.1) is 11.8 Å². The summed E-state index contributed by atoms with van der Waals surface area (Å²) in [6.07, 6.45) is 2.82. The Bertz CT molecular complexity index is 1020. The summed E-state index contributed by atoms with van der Waals surface area (Å²) in [4.78, 5) is 28.0. The minimum atomic E-state index is -0.268. The number of fused-ring (bicyclic) bond motifs is 1. The lowest BCUT2D eigenvalue weighted by atomic mass is 9.91. The second-order valence-electron chi connectivity index (χ2n) is 7.80. The van der Waals surface area contributed by atoms with Crippen molar-refractivity contribution in [3.05, 3.63) is 59.8 Å². The number of nitrogens with one attached hydrogen (secondary N) is 2. The van der Waals surface area contributed by atoms with E-state index in [0.29, 0.717) is 34.2 Å². The largest absolute Gasteiger partial charge is 0.338 e. The third-order valence-electron chi connectivity index (χ3n) is 5.28. The molecule has 144 valence electrons. The van der Waals surface area contributed by atoms with Gasteiger partial charge in [0.25, 0.3) is 11.8 Å². The van der Waals surface area contributed by atoms with Gasteiger partial charge in [0.15, 0.2) is 0 Å². The summed E-state index contributed by atoms with van der Waals surface area (Å²) < 4.78 is 0. The molecule has 4 rings (SSSR count). The molecule has 1 aliphatic heterocycles. The van der Waals surface area contributed by atoms with Crippen LogP contribution in [0.25, 0.3) is 10.9 Å². The predicted octanol–water partition coefficient (Wildman–Crippen LogP) is 3.93. The van der Waals surface area contributed by atoms with E-state index in [1.54, 1.807) is 24.4 Å². The Hall–Kier alpha value is -3.15. The first kappa shape index (κ1) is 18.2. The second kappa shape index (κ2) is 7.46. The van der Waals surface area contributed by atoms with Crippen LogP contribution in [0.1, 0.15) is 41.0 Å². The van der Waals surface area contributed by atoms with Crippen molar-refractivity contribution in [3.8, 4) is 0 Å². The number of aromatic nitrogens is 2. The molecule has 0 bridgehead atoms. The molecular formula is C22H24N4O2. The van der Waals surface area contributed by atoms with Crippen LogP contribution in [0.3, 0.4) is 0 Å². The zero-order chi connectivity index (χ0) is 19.7. The summed E-state index contributed by atoms with van der Waals surface area (Å²) in [5.41, 5.74) is 2.23. The molecule has 0 saturated carbocycles. The number of amides is 2. The van der Waals surface area contributed by atoms with Crippen molar-refractivity contribution in [1.29, 1.82) is 0 Å². The van der Waals surface area contributed by atoms with Gasteiger partial charge in [-0.2, -0.15) is 5.10 Å². The molecule has 0 spiro atoms. The maximum absolute atomic E-state index is 13.2. The first-order valence-corrected chi connectivity index (χ1v) is 9.64. The fourth-order valence-electron chi connectivity index (χ4n) is 4.13. The van der Waals surface area contributed by atoms with E-state index in [2.05, 4.69) is 29.4 Å². The Morgan fingerprint density at radius 3 is 2.54 bits per heavy atom. The summed E-state index contributed by atoms with van der Waals surface area (Å²) in [5, 5.41) is 10.7. The lowest BCUT2D eigenvalue weighted by Crippen LogP contribution is -2.42. The number of hydrogen-bond donors (Lipinski definition) is 2. The van der Waals surface area contributed by atoms with E-state index in [0.717, 1.165) is 24.9 Å². The number of carbonyl (C=O) groups excluding carboxylic acids is 2. The molecule has 6 nitrogen and oxygen atoms in total. The number of carbonyl (C=O) groups is 2. The highest BCUT2D eigenvalue weighted by molar-refractivity contribution is 6.14. The van der Waals surface area contributed by atoms with Crippen LogP contribution in [-0.4, -0.2) is 40.0 Å². The second-order valence-corrected chi connectivity index (χ2v) is 7.80. The maximum Gasteiger partial charge on any atom is 0.257 e. The van der Waals surface area contributed by atoms with Crippen molar-refractivity contribution < 1.29 is 9.59 Å². The zero-order valence-corrected chi connectivity index (χ0v) is 16.1. The summed E-state index contributed by atoms with van der Waals surface area (Å²) >= 11 is 0. The highest BCUT2D eigenvalue weighted by atomic mass is 16.2. The Balaban J connectivity index is 1.60. The van der Waals surface area contributed by atoms with Crippen molar-refractivity contribution in [1.82, 2.24) is 15.1 Å². The number of para-hydroxylation sites is 2. The van der Waals surface area contributed by atoms with Gasteiger partial charge in [0.1, 0.15) is 0 Å². The van der Waals surface area contributed by atoms with E-state index < -0.39 is 0 Å². The molecule has 2 heterocycles. The summed E-state index contributed by atoms with van der Waals surface area (Å²) in [6.45, 7) is 5.85. The minimum absolute atomic E-state index is 0.0333. The highest BCUT2D eigenvalue weighted by Crippen LogP contribution is 2.25. The van der Waals surface area contributed by atoms with Gasteiger partial charge in [-0.05, 0) is 36.5 Å². The fourth-order valence-corrected chi connectivity index (χ4v) is 4.13. The van der Waals surface area contributed by atoms with Crippen molar-refractivity contribution in [3.63, 3.8) is 0 Å². The van der Waals surface area contributed by atoms with Crippen LogP contribution in [0.5, 0.6) is 0 Å². The van der Waals surface area contributed by atoms with Crippen molar-refractivity contribution in [2.24, 2.45) is 11.8 Å². The number of likely N-dealkylation sites (tertiary alicyclic amines) is 1. The molecule has 2 N–H and O–H groups in total. The molecule has 2 aromatic carbocycles. The van der Waals surface area contributed by atoms with Gasteiger partial charge in [-0.15, -0.1) is 0 Å². The Morgan fingerprint density at radius 1 is 1.04 bits per heavy atom. The first-order chi connectivity index (χ1) is 13.5. The lowest BCUT2D eigenvalue weighted by Gasteiger charge is -2.35. The van der Waals surface area contributed by atoms with Crippen LogP contribution < -0.4 is 5.32 Å². The first-order valence-electron chi connectivity index (χ1n) is 9.64. The monoisotopic (exact) mass is 376 g/mol. The van der Waals surface area contributed by atoms with E-state index >= 15 is 0 Å². The molecule has 1 aliphatic rings. The average Bonchev–Trinajstić information content (AvgIpc) is 3.16. The van der Waals surface area contributed by atoms with Gasteiger partial charge in [0.05, 0.1) is 28.5 Å². The van der Waals surface area contributed by atoms with Crippen molar-refractivity contribution in [2.75, 3.05) is 18.4 Å². The molecular weight excluding hydrogens is 352 g/mol. The van der Waals surface area contributed by atoms with Gasteiger partial charge in [-0.25, -0.2) is 0 Å². The Kier molecular flexibility index (Phi) is 4.86. The highest BCUT2D eigenvalue weighted by Gasteiger charge is 2.27. The van der Waals surface area contributed by atoms with Gasteiger partial charge in [0, 0.05) is 18.5 Å². The molecule has 2 amide bonds. The summed E-state index contributed by atoms with van der Waals surface area (Å²) in [5.74, 6) is 0.657. The smallest absolute Gasteiger partial charge is 0.257 e. The number of anilines is 1. The Labute approximate surface area is 163 Å². The number of nitrogens with zero attached hydrogens (tertiary/aromatic N) is 2. The van der Waals surface area contributed by atoms with E-state index in [-0.39, 0.29) is 11.8 Å². The van der Waals surface area contributed by atoms with Gasteiger partial charge in [-0.1, -0.05) is 38.1 Å². The molecule has 3 aromatic rings. The molecule has 1 fully saturated rings. The van der Waals surface area contributed by atoms with E-state index in [1.165, 1.54) is 0 Å². The number of H-pyrrole nitrogens is 1. The SMILES string of the molecule is C[C@@H]1C[C@H](C)CN(C(=O)c2ccccc2NC(=O)c2cccc3cn[nH]c23)C1. The molecule has 0 radical (unpaired) electrons. The van der Waals surface area contributed by atoms with Crippen LogP contribution in [0.2, 0.25) is 0 Å². The quantitative estimate of drug-likeness (QED) is 0.727. The van der Waals surface area contributed by atoms with Crippen LogP contribution >= 0.6 is 0 Å². The molecule has 2 atom stereocenters. The third-order valence-corrected chi connectivity index (χ3v) is 5.28. The van der Waals surface area contributed by atoms with Crippen molar-refractivity contribution >= 4 is 28.4 Å². The molecule has 28 heavy (non-hydrogen) atoms. The van der Waals surface area contributed by atoms with Gasteiger partial charge >= 0.3 is 0 Å². The van der Waals surface area contributed by atoms with E-state index in [4.69, 9.17) is 0 Å². The number of piperidine rings is 1. The van der Waals surface area contributed by atoms with E-state index in [9.17, 15) is 9.59 Å². The Morgan fingerprint density at radius 2 is 1.75 bits per heavy atom. The standard InChI is InChI=1S/C22H24N4O2/c1-14-10-15(2)13-26(12-14)22(28)17-7-3-4-9-19(17)24-21(27)18-8-5-6-16-11-23-25-20(16)18/h3-9,11,14-15H,10,12-13H2,1-2H3,(H,23,25)(H,24,27)/t14-,15+. The molecule has 1 aromatic heterocycles. The molecule has 6 heteroatoms. The van der Waals surface area contributed by atoms with Crippen LogP contribution in [0.15, 0.2) is 48.7 Å². The van der Waals surface area contributed by atoms with Gasteiger partial charge in [0.2, 0.25) is 0 Å². The number of hydrogen-bond acceptors (Lipinski definition) is 3. The molecule has 1 saturated heterocycles. The normalized spacial score (nSPS) is 19.6. The number of benzene rings is 2. The maximum atomic E-state index is 13.2. The fraction of sp³-hybridized carbons (Fsp3) is 0.318. The van der Waals surface area contributed by atoms with Gasteiger partial charge in [-0.3, -0.25) is 14.7 Å². The lowest BCUT2D eigenvalue weighted by molar-refractivity contribution is 0.0624. The minimum Gasteiger partial charge on any atom is -0.338 e. The summed E-state index contributed by atoms with van der Waals surface area (Å²) in [6, 6.07) is 12.7. The van der Waals surface area contributed by atoms with Gasteiger partial charge < -0.3 is 10.2 Å². The van der Waals surface area contributed by atoms with Crippen LogP contribution in [-0.2, 0) is 0 Å². The van der Waals surface area contributed by atoms with E-state index in [1.807, 2.05) is 29.2 Å². The number of aromatic amines is 1. The van der Waals surface area contributed by atoms with Crippen molar-refractivity contribution in [2.45, 2.75) is 20.3 Å². The number of rotatable bonds is 3.